The van der Waals surface area contributed by atoms with E-state index >= 15 is 0 Å². The van der Waals surface area contributed by atoms with Crippen molar-refractivity contribution in [1.29, 1.82) is 0 Å². The summed E-state index contributed by atoms with van der Waals surface area (Å²) in [7, 11) is 0. The third-order valence-electron chi connectivity index (χ3n) is 4.08. The summed E-state index contributed by atoms with van der Waals surface area (Å²) in [6.07, 6.45) is 1.53. The number of benzene rings is 2. The molecule has 6 nitrogen and oxygen atoms in total. The maximum Gasteiger partial charge on any atom is 0.335 e. The molecule has 0 saturated heterocycles. The third-order valence-corrected chi connectivity index (χ3v) is 4.08. The Morgan fingerprint density at radius 1 is 0.885 bits per heavy atom. The van der Waals surface area contributed by atoms with Gasteiger partial charge in [0.1, 0.15) is 16.9 Å². The van der Waals surface area contributed by atoms with Crippen LogP contribution in [-0.2, 0) is 0 Å². The lowest BCUT2D eigenvalue weighted by molar-refractivity contribution is 0.0697. The number of fused-ring (bicyclic) bond motifs is 2. The minimum absolute atomic E-state index is 0.00565. The molecule has 0 bridgehead atoms. The Bertz CT molecular complexity index is 1240. The summed E-state index contributed by atoms with van der Waals surface area (Å²) in [5.41, 5.74) is 0.816. The smallest absolute Gasteiger partial charge is 0.335 e. The summed E-state index contributed by atoms with van der Waals surface area (Å²) in [5, 5.41) is 9.54. The van der Waals surface area contributed by atoms with E-state index in [0.717, 1.165) is 0 Å². The first-order valence-electron chi connectivity index (χ1n) is 7.74. The Hall–Kier alpha value is -3.80. The molecule has 0 aliphatic heterocycles. The second kappa shape index (κ2) is 5.93. The van der Waals surface area contributed by atoms with E-state index in [9.17, 15) is 14.4 Å². The van der Waals surface area contributed by atoms with Gasteiger partial charge in [-0.2, -0.15) is 0 Å². The molecule has 0 saturated carbocycles. The van der Waals surface area contributed by atoms with Crippen molar-refractivity contribution in [2.45, 2.75) is 0 Å². The van der Waals surface area contributed by atoms with Gasteiger partial charge in [0, 0.05) is 11.8 Å². The van der Waals surface area contributed by atoms with Crippen LogP contribution in [0.4, 0.5) is 0 Å². The summed E-state index contributed by atoms with van der Waals surface area (Å²) in [4.78, 5) is 40.3. The molecule has 0 fully saturated rings. The maximum atomic E-state index is 12.7. The fourth-order valence-corrected chi connectivity index (χ4v) is 2.77. The topological polar surface area (TPSA) is 97.5 Å². The molecule has 4 aromatic rings. The van der Waals surface area contributed by atoms with Gasteiger partial charge in [-0.1, -0.05) is 6.07 Å². The molecule has 0 spiro atoms. The van der Waals surface area contributed by atoms with E-state index in [2.05, 4.69) is 4.98 Å². The van der Waals surface area contributed by atoms with Gasteiger partial charge in [0.05, 0.1) is 16.3 Å². The molecule has 2 heterocycles. The van der Waals surface area contributed by atoms with Crippen LogP contribution in [0, 0.1) is 0 Å². The largest absolute Gasteiger partial charge is 0.478 e. The number of aromatic carboxylic acids is 1. The second-order valence-electron chi connectivity index (χ2n) is 5.70. The zero-order chi connectivity index (χ0) is 18.3. The molecule has 0 unspecified atom stereocenters. The number of carbonyl (C=O) groups is 2. The number of carbonyl (C=O) groups excluding carboxylic acids is 1. The summed E-state index contributed by atoms with van der Waals surface area (Å²) >= 11 is 0. The van der Waals surface area contributed by atoms with E-state index in [1.165, 1.54) is 42.6 Å². The lowest BCUT2D eigenvalue weighted by atomic mass is 10.0. The number of aromatic nitrogens is 1. The van der Waals surface area contributed by atoms with Crippen molar-refractivity contribution in [2.75, 3.05) is 0 Å². The Balaban J connectivity index is 1.90. The standard InChI is InChI=1S/C20H11NO5/c22-18(15-3-1-2-8-21-15)11-4-6-13-17(10-11)26-16-7-5-12(20(24)25)9-14(16)19(13)23/h1-10H,(H,24,25). The Morgan fingerprint density at radius 2 is 1.69 bits per heavy atom. The van der Waals surface area contributed by atoms with Crippen molar-refractivity contribution in [3.63, 3.8) is 0 Å². The molecule has 2 aromatic heterocycles. The highest BCUT2D eigenvalue weighted by atomic mass is 16.4. The maximum absolute atomic E-state index is 12.7. The van der Waals surface area contributed by atoms with Gasteiger partial charge in [0.15, 0.2) is 0 Å². The number of carboxylic acid groups (broad SMARTS) is 1. The Morgan fingerprint density at radius 3 is 2.42 bits per heavy atom. The second-order valence-corrected chi connectivity index (χ2v) is 5.70. The number of rotatable bonds is 3. The minimum atomic E-state index is -1.12. The van der Waals surface area contributed by atoms with Gasteiger partial charge in [-0.25, -0.2) is 4.79 Å². The molecule has 26 heavy (non-hydrogen) atoms. The van der Waals surface area contributed by atoms with E-state index in [1.54, 1.807) is 18.2 Å². The van der Waals surface area contributed by atoms with E-state index in [0.29, 0.717) is 11.3 Å². The summed E-state index contributed by atoms with van der Waals surface area (Å²) in [6.45, 7) is 0. The summed E-state index contributed by atoms with van der Waals surface area (Å²) in [6, 6.07) is 13.7. The van der Waals surface area contributed by atoms with Crippen LogP contribution in [0.2, 0.25) is 0 Å². The van der Waals surface area contributed by atoms with Gasteiger partial charge in [-0.3, -0.25) is 14.6 Å². The quantitative estimate of drug-likeness (QED) is 0.452. The van der Waals surface area contributed by atoms with Crippen LogP contribution in [0.15, 0.2) is 70.0 Å². The fourth-order valence-electron chi connectivity index (χ4n) is 2.77. The van der Waals surface area contributed by atoms with Crippen LogP contribution >= 0.6 is 0 Å². The molecule has 0 atom stereocenters. The van der Waals surface area contributed by atoms with Crippen LogP contribution in [0.3, 0.4) is 0 Å². The van der Waals surface area contributed by atoms with E-state index in [4.69, 9.17) is 9.52 Å². The summed E-state index contributed by atoms with van der Waals surface area (Å²) < 4.78 is 5.72. The number of hydrogen-bond acceptors (Lipinski definition) is 5. The molecular weight excluding hydrogens is 334 g/mol. The van der Waals surface area contributed by atoms with E-state index in [1.807, 2.05) is 0 Å². The first-order valence-corrected chi connectivity index (χ1v) is 7.74. The monoisotopic (exact) mass is 345 g/mol. The summed E-state index contributed by atoms with van der Waals surface area (Å²) in [5.74, 6) is -1.40. The zero-order valence-electron chi connectivity index (χ0n) is 13.3. The number of carboxylic acids is 1. The van der Waals surface area contributed by atoms with Gasteiger partial charge in [0.2, 0.25) is 11.2 Å². The lowest BCUT2D eigenvalue weighted by Gasteiger charge is -2.05. The molecule has 0 radical (unpaired) electrons. The van der Waals surface area contributed by atoms with Gasteiger partial charge < -0.3 is 9.52 Å². The molecule has 6 heteroatoms. The minimum Gasteiger partial charge on any atom is -0.478 e. The predicted molar refractivity (Wildman–Crippen MR) is 94.6 cm³/mol. The fraction of sp³-hybridized carbons (Fsp3) is 0. The highest BCUT2D eigenvalue weighted by Gasteiger charge is 2.15. The van der Waals surface area contributed by atoms with Crippen molar-refractivity contribution < 1.29 is 19.1 Å². The molecular formula is C20H11NO5. The molecule has 4 rings (SSSR count). The van der Waals surface area contributed by atoms with Crippen LogP contribution < -0.4 is 5.43 Å². The highest BCUT2D eigenvalue weighted by molar-refractivity contribution is 6.09. The van der Waals surface area contributed by atoms with Crippen LogP contribution in [0.5, 0.6) is 0 Å². The predicted octanol–water partition coefficient (Wildman–Crippen LogP) is 3.27. The SMILES string of the molecule is O=C(O)c1ccc2oc3cc(C(=O)c4ccccn4)ccc3c(=O)c2c1. The molecule has 1 N–H and O–H groups in total. The van der Waals surface area contributed by atoms with Crippen LogP contribution in [0.1, 0.15) is 26.4 Å². The molecule has 0 aliphatic carbocycles. The van der Waals surface area contributed by atoms with Gasteiger partial charge in [-0.05, 0) is 48.5 Å². The molecule has 0 aliphatic rings. The van der Waals surface area contributed by atoms with E-state index in [-0.39, 0.29) is 38.7 Å². The van der Waals surface area contributed by atoms with Crippen molar-refractivity contribution >= 4 is 33.7 Å². The number of nitrogens with zero attached hydrogens (tertiary/aromatic N) is 1. The van der Waals surface area contributed by atoms with Gasteiger partial charge in [0.25, 0.3) is 0 Å². The van der Waals surface area contributed by atoms with E-state index < -0.39 is 5.97 Å². The molecule has 0 amide bonds. The van der Waals surface area contributed by atoms with Crippen LogP contribution in [-0.4, -0.2) is 21.8 Å². The van der Waals surface area contributed by atoms with Crippen LogP contribution in [0.25, 0.3) is 21.9 Å². The van der Waals surface area contributed by atoms with Crippen molar-refractivity contribution in [3.8, 4) is 0 Å². The van der Waals surface area contributed by atoms with Gasteiger partial charge in [-0.15, -0.1) is 0 Å². The highest BCUT2D eigenvalue weighted by Crippen LogP contribution is 2.22. The Labute approximate surface area is 146 Å². The van der Waals surface area contributed by atoms with Crippen molar-refractivity contribution in [3.05, 3.63) is 87.8 Å². The first kappa shape index (κ1) is 15.7. The van der Waals surface area contributed by atoms with Gasteiger partial charge >= 0.3 is 5.97 Å². The third kappa shape index (κ3) is 2.53. The Kier molecular flexibility index (Phi) is 3.58. The van der Waals surface area contributed by atoms with Crippen molar-refractivity contribution in [2.24, 2.45) is 0 Å². The lowest BCUT2D eigenvalue weighted by Crippen LogP contribution is -2.07. The zero-order valence-corrected chi connectivity index (χ0v) is 13.3. The number of hydrogen-bond donors (Lipinski definition) is 1. The molecule has 126 valence electrons. The van der Waals surface area contributed by atoms with Crippen molar-refractivity contribution in [1.82, 2.24) is 4.98 Å². The average molecular weight is 345 g/mol. The first-order chi connectivity index (χ1) is 12.5. The number of ketones is 1. The number of pyridine rings is 1. The normalized spacial score (nSPS) is 10.9. The average Bonchev–Trinajstić information content (AvgIpc) is 2.67. The molecule has 2 aromatic carbocycles.